The summed E-state index contributed by atoms with van der Waals surface area (Å²) in [7, 11) is 1.99. The van der Waals surface area contributed by atoms with Gasteiger partial charge in [-0.2, -0.15) is 9.61 Å². The second-order valence-electron chi connectivity index (χ2n) is 8.30. The molecular formula is C23H23BClN7O. The second-order valence-corrected chi connectivity index (χ2v) is 8.71. The summed E-state index contributed by atoms with van der Waals surface area (Å²) in [4.78, 5) is 27.6. The molecule has 0 radical (unpaired) electrons. The highest BCUT2D eigenvalue weighted by Gasteiger charge is 2.25. The molecule has 0 spiro atoms. The third-order valence-corrected chi connectivity index (χ3v) is 6.29. The third kappa shape index (κ3) is 4.41. The van der Waals surface area contributed by atoms with Gasteiger partial charge >= 0.3 is 0 Å². The minimum absolute atomic E-state index is 0.0668. The van der Waals surface area contributed by atoms with Crippen LogP contribution in [-0.4, -0.2) is 62.9 Å². The molecule has 33 heavy (non-hydrogen) atoms. The fraction of sp³-hybridized carbons (Fsp3) is 0.261. The molecule has 3 aromatic heterocycles. The molecule has 5 rings (SSSR count). The molecule has 4 aromatic rings. The van der Waals surface area contributed by atoms with Gasteiger partial charge in [-0.15, -0.1) is 0 Å². The van der Waals surface area contributed by atoms with E-state index in [1.807, 2.05) is 53.8 Å². The van der Waals surface area contributed by atoms with Crippen LogP contribution in [0.4, 0.5) is 5.82 Å². The maximum absolute atomic E-state index is 12.8. The molecule has 0 bridgehead atoms. The molecule has 1 aliphatic heterocycles. The molecule has 1 saturated heterocycles. The van der Waals surface area contributed by atoms with Crippen LogP contribution in [0.1, 0.15) is 23.3 Å². The monoisotopic (exact) mass is 459 g/mol. The summed E-state index contributed by atoms with van der Waals surface area (Å²) >= 11 is 6.44. The van der Waals surface area contributed by atoms with Crippen LogP contribution in [0.15, 0.2) is 55.1 Å². The lowest BCUT2D eigenvalue weighted by molar-refractivity contribution is 0.0673. The van der Waals surface area contributed by atoms with Gasteiger partial charge in [0.05, 0.1) is 11.9 Å². The number of nitrogens with zero attached hydrogens (tertiary/aromatic N) is 6. The van der Waals surface area contributed by atoms with Gasteiger partial charge < -0.3 is 10.2 Å². The van der Waals surface area contributed by atoms with E-state index in [2.05, 4.69) is 20.4 Å². The molecule has 1 N–H and O–H groups in total. The predicted molar refractivity (Wildman–Crippen MR) is 131 cm³/mol. The van der Waals surface area contributed by atoms with Crippen molar-refractivity contribution in [3.63, 3.8) is 0 Å². The topological polar surface area (TPSA) is 88.3 Å². The Bertz CT molecular complexity index is 1300. The molecule has 166 valence electrons. The standard InChI is InChI=1S/C23H23BClN7O/c24-17-12-29-32-21(10-19(30-22(17)32)16-5-1-2-6-18(16)25)28-11-15-4-3-9-31(14-15)23(33)20-13-26-7-8-27-20/h1-2,5-8,10,12-13,15,28H,3-4,9,11,14,24H2. The lowest BCUT2D eigenvalue weighted by Crippen LogP contribution is -2.42. The summed E-state index contributed by atoms with van der Waals surface area (Å²) in [5.41, 5.74) is 3.84. The van der Waals surface area contributed by atoms with Crippen molar-refractivity contribution < 1.29 is 4.79 Å². The fourth-order valence-corrected chi connectivity index (χ4v) is 4.47. The van der Waals surface area contributed by atoms with Crippen LogP contribution >= 0.6 is 11.6 Å². The summed E-state index contributed by atoms with van der Waals surface area (Å²) < 4.78 is 1.82. The minimum Gasteiger partial charge on any atom is -0.370 e. The van der Waals surface area contributed by atoms with E-state index in [0.717, 1.165) is 47.6 Å². The number of benzene rings is 1. The number of amides is 1. The Morgan fingerprint density at radius 1 is 1.24 bits per heavy atom. The molecule has 1 aromatic carbocycles. The largest absolute Gasteiger partial charge is 0.370 e. The Kier molecular flexibility index (Phi) is 5.96. The molecule has 1 fully saturated rings. The van der Waals surface area contributed by atoms with Crippen molar-refractivity contribution in [1.82, 2.24) is 29.5 Å². The smallest absolute Gasteiger partial charge is 0.274 e. The number of hydrogen-bond donors (Lipinski definition) is 1. The minimum atomic E-state index is -0.0668. The molecule has 1 atom stereocenters. The third-order valence-electron chi connectivity index (χ3n) is 5.96. The number of nitrogens with one attached hydrogen (secondary N) is 1. The SMILES string of the molecule is Bc1cnn2c(NCC3CCCN(C(=O)c4cnccn4)C3)cc(-c3ccccc3Cl)nc12. The Labute approximate surface area is 197 Å². The van der Waals surface area contributed by atoms with Crippen molar-refractivity contribution in [2.45, 2.75) is 12.8 Å². The van der Waals surface area contributed by atoms with Crippen molar-refractivity contribution in [1.29, 1.82) is 0 Å². The molecule has 4 heterocycles. The van der Waals surface area contributed by atoms with E-state index in [-0.39, 0.29) is 5.91 Å². The number of piperidine rings is 1. The first-order valence-corrected chi connectivity index (χ1v) is 11.4. The lowest BCUT2D eigenvalue weighted by Gasteiger charge is -2.32. The van der Waals surface area contributed by atoms with E-state index < -0.39 is 0 Å². The van der Waals surface area contributed by atoms with Crippen LogP contribution < -0.4 is 10.8 Å². The quantitative estimate of drug-likeness (QED) is 0.460. The molecule has 1 aliphatic rings. The van der Waals surface area contributed by atoms with Gasteiger partial charge in [0.2, 0.25) is 0 Å². The number of hydrogen-bond acceptors (Lipinski definition) is 6. The van der Waals surface area contributed by atoms with E-state index in [9.17, 15) is 4.79 Å². The van der Waals surface area contributed by atoms with Crippen LogP contribution in [0.3, 0.4) is 0 Å². The van der Waals surface area contributed by atoms with Crippen molar-refractivity contribution in [3.05, 3.63) is 65.8 Å². The normalized spacial score (nSPS) is 16.2. The zero-order chi connectivity index (χ0) is 22.8. The number of aromatic nitrogens is 5. The Balaban J connectivity index is 1.36. The van der Waals surface area contributed by atoms with Gasteiger partial charge in [-0.1, -0.05) is 29.8 Å². The first-order valence-electron chi connectivity index (χ1n) is 11.0. The summed E-state index contributed by atoms with van der Waals surface area (Å²) in [6.07, 6.45) is 8.45. The molecule has 0 aliphatic carbocycles. The number of anilines is 1. The van der Waals surface area contributed by atoms with Crippen LogP contribution in [0, 0.1) is 5.92 Å². The van der Waals surface area contributed by atoms with Gasteiger partial charge in [0.15, 0.2) is 5.65 Å². The summed E-state index contributed by atoms with van der Waals surface area (Å²) in [6.45, 7) is 2.12. The maximum Gasteiger partial charge on any atom is 0.274 e. The summed E-state index contributed by atoms with van der Waals surface area (Å²) in [6, 6.07) is 9.67. The number of carbonyl (C=O) groups is 1. The van der Waals surface area contributed by atoms with Gasteiger partial charge in [0.1, 0.15) is 19.4 Å². The van der Waals surface area contributed by atoms with E-state index in [1.54, 1.807) is 12.4 Å². The highest BCUT2D eigenvalue weighted by Crippen LogP contribution is 2.28. The highest BCUT2D eigenvalue weighted by atomic mass is 35.5. The lowest BCUT2D eigenvalue weighted by atomic mass is 9.97. The average molecular weight is 460 g/mol. The molecule has 10 heteroatoms. The fourth-order valence-electron chi connectivity index (χ4n) is 4.24. The molecule has 1 unspecified atom stereocenters. The maximum atomic E-state index is 12.8. The van der Waals surface area contributed by atoms with E-state index >= 15 is 0 Å². The summed E-state index contributed by atoms with van der Waals surface area (Å²) in [5, 5.41) is 8.71. The van der Waals surface area contributed by atoms with E-state index in [1.165, 1.54) is 6.20 Å². The van der Waals surface area contributed by atoms with Crippen molar-refractivity contribution >= 4 is 42.3 Å². The Morgan fingerprint density at radius 2 is 2.12 bits per heavy atom. The van der Waals surface area contributed by atoms with Gasteiger partial charge in [0, 0.05) is 54.9 Å². The molecule has 1 amide bonds. The first kappa shape index (κ1) is 21.4. The molecule has 0 saturated carbocycles. The Hall–Kier alpha value is -3.46. The van der Waals surface area contributed by atoms with Crippen LogP contribution in [0.5, 0.6) is 0 Å². The second kappa shape index (κ2) is 9.19. The van der Waals surface area contributed by atoms with Crippen LogP contribution in [-0.2, 0) is 0 Å². The average Bonchev–Trinajstić information content (AvgIpc) is 3.24. The van der Waals surface area contributed by atoms with Gasteiger partial charge in [-0.25, -0.2) is 9.97 Å². The van der Waals surface area contributed by atoms with Gasteiger partial charge in [0.25, 0.3) is 5.91 Å². The van der Waals surface area contributed by atoms with E-state index in [0.29, 0.717) is 29.7 Å². The number of fused-ring (bicyclic) bond motifs is 1. The number of halogens is 1. The molecular weight excluding hydrogens is 437 g/mol. The van der Waals surface area contributed by atoms with Crippen molar-refractivity contribution in [3.8, 4) is 11.3 Å². The predicted octanol–water partition coefficient (Wildman–Crippen LogP) is 2.06. The first-order chi connectivity index (χ1) is 16.1. The number of carbonyl (C=O) groups excluding carboxylic acids is 1. The Morgan fingerprint density at radius 3 is 2.94 bits per heavy atom. The van der Waals surface area contributed by atoms with Gasteiger partial charge in [-0.05, 0) is 30.3 Å². The summed E-state index contributed by atoms with van der Waals surface area (Å²) in [5.74, 6) is 1.09. The van der Waals surface area contributed by atoms with E-state index in [4.69, 9.17) is 16.6 Å². The zero-order valence-corrected chi connectivity index (χ0v) is 19.0. The van der Waals surface area contributed by atoms with Gasteiger partial charge in [-0.3, -0.25) is 9.78 Å². The highest BCUT2D eigenvalue weighted by molar-refractivity contribution is 6.36. The number of rotatable bonds is 5. The molecule has 8 nitrogen and oxygen atoms in total. The number of likely N-dealkylation sites (tertiary alicyclic amines) is 1. The van der Waals surface area contributed by atoms with Crippen molar-refractivity contribution in [2.75, 3.05) is 25.0 Å². The van der Waals surface area contributed by atoms with Crippen molar-refractivity contribution in [2.24, 2.45) is 5.92 Å². The van der Waals surface area contributed by atoms with Crippen LogP contribution in [0.2, 0.25) is 5.02 Å². The zero-order valence-electron chi connectivity index (χ0n) is 18.3. The van der Waals surface area contributed by atoms with Crippen LogP contribution in [0.25, 0.3) is 16.9 Å².